The average Bonchev–Trinajstić information content (AvgIpc) is 4.42. The molecular weight excluding hydrogens is 1030 g/mol. The highest BCUT2D eigenvalue weighted by Gasteiger charge is 2.37. The molecule has 0 atom stereocenters. The van der Waals surface area contributed by atoms with Crippen molar-refractivity contribution in [2.45, 2.75) is 25.7 Å². The normalized spacial score (nSPS) is 13.1. The lowest BCUT2D eigenvalue weighted by atomic mass is 9.81. The van der Waals surface area contributed by atoms with Crippen LogP contribution in [0.3, 0.4) is 0 Å². The zero-order valence-corrected chi connectivity index (χ0v) is 45.8. The molecule has 0 saturated carbocycles. The van der Waals surface area contributed by atoms with Crippen molar-refractivity contribution in [3.05, 3.63) is 246 Å². The maximum Gasteiger partial charge on any atom is 0.235 e. The summed E-state index contributed by atoms with van der Waals surface area (Å²) >= 11 is 10.3. The van der Waals surface area contributed by atoms with Gasteiger partial charge in [0.25, 0.3) is 0 Å². The van der Waals surface area contributed by atoms with E-state index in [0.29, 0.717) is 12.4 Å². The Hall–Kier alpha value is -9.11. The predicted molar refractivity (Wildman–Crippen MR) is 338 cm³/mol. The van der Waals surface area contributed by atoms with Crippen molar-refractivity contribution in [3.8, 4) is 50.7 Å². The van der Waals surface area contributed by atoms with Crippen molar-refractivity contribution in [3.63, 3.8) is 0 Å². The Bertz CT molecular complexity index is 5330. The average molecular weight is 1080 g/mol. The van der Waals surface area contributed by atoms with Crippen LogP contribution in [0.1, 0.15) is 36.1 Å². The summed E-state index contributed by atoms with van der Waals surface area (Å²) in [5.41, 5.74) is 17.7. The van der Waals surface area contributed by atoms with Gasteiger partial charge < -0.3 is 0 Å². The number of benzene rings is 11. The van der Waals surface area contributed by atoms with Crippen molar-refractivity contribution in [2.75, 3.05) is 0 Å². The van der Waals surface area contributed by atoms with E-state index in [1.54, 1.807) is 22.7 Å². The Labute approximate surface area is 472 Å². The fourth-order valence-corrected chi connectivity index (χ4v) is 15.9. The molecule has 16 aromatic rings. The predicted octanol–water partition coefficient (Wildman–Crippen LogP) is 20.1. The second-order valence-electron chi connectivity index (χ2n) is 21.7. The Kier molecular flexibility index (Phi) is 9.86. The number of hydrogen-bond acceptors (Lipinski definition) is 6. The molecule has 0 aliphatic heterocycles. The summed E-state index contributed by atoms with van der Waals surface area (Å²) in [5.74, 6) is 0.639. The summed E-state index contributed by atoms with van der Waals surface area (Å²) in [6.45, 7) is 4.77. The number of aromatic nitrogens is 5. The highest BCUT2D eigenvalue weighted by Crippen LogP contribution is 2.54. The lowest BCUT2D eigenvalue weighted by Crippen LogP contribution is -2.15. The Morgan fingerprint density at radius 2 is 1.11 bits per heavy atom. The number of thiophene rings is 2. The van der Waals surface area contributed by atoms with Crippen LogP contribution in [0.4, 0.5) is 0 Å². The molecule has 17 rings (SSSR count). The Morgan fingerprint density at radius 1 is 0.438 bits per heavy atom. The maximum atomic E-state index is 6.77. The molecule has 1 aliphatic rings. The smallest absolute Gasteiger partial charge is 0.235 e. The second kappa shape index (κ2) is 17.2. The first kappa shape index (κ1) is 45.9. The molecule has 0 unspecified atom stereocenters. The summed E-state index contributed by atoms with van der Waals surface area (Å²) in [5, 5.41) is 12.1. The molecule has 5 aromatic heterocycles. The molecule has 1 aliphatic carbocycles. The van der Waals surface area contributed by atoms with Crippen molar-refractivity contribution in [1.29, 1.82) is 0 Å². The summed E-state index contributed by atoms with van der Waals surface area (Å²) in [7, 11) is 0. The molecule has 0 radical (unpaired) electrons. The first-order valence-electron chi connectivity index (χ1n) is 27.1. The van der Waals surface area contributed by atoms with Crippen molar-refractivity contribution in [2.24, 2.45) is 0 Å². The lowest BCUT2D eigenvalue weighted by molar-refractivity contribution is 0.661. The molecule has 0 amide bonds. The van der Waals surface area contributed by atoms with Gasteiger partial charge in [-0.25, -0.2) is 19.9 Å². The highest BCUT2D eigenvalue weighted by molar-refractivity contribution is 7.26. The maximum absolute atomic E-state index is 6.77. The molecule has 5 nitrogen and oxygen atoms in total. The van der Waals surface area contributed by atoms with Crippen LogP contribution in [0, 0.1) is 0 Å². The van der Waals surface area contributed by atoms with Crippen LogP contribution in [0.25, 0.3) is 145 Å². The van der Waals surface area contributed by atoms with E-state index in [-0.39, 0.29) is 10.7 Å². The first-order valence-corrected chi connectivity index (χ1v) is 29.1. The number of fused-ring (bicyclic) bond motifs is 19. The quantitative estimate of drug-likeness (QED) is 0.123. The van der Waals surface area contributed by atoms with Gasteiger partial charge in [-0.3, -0.25) is 4.57 Å². The first-order chi connectivity index (χ1) is 39.3. The molecule has 0 N–H and O–H groups in total. The SMILES string of the molecule is CC1(C)c2cc(-c3cccc4c5c6ccccc6c6cc(Cc7cccc8sc9c(-c%10ccccc%10)nc(Cl)nc9c78)ccc6c5n(-c5nc(-c6ccccc6)c6sc7ccccc7c6n5)c34)ccc2-c2c1ccc1ccccc21. The van der Waals surface area contributed by atoms with Gasteiger partial charge in [0.2, 0.25) is 11.2 Å². The van der Waals surface area contributed by atoms with Crippen LogP contribution in [0.2, 0.25) is 5.28 Å². The molecule has 5 heterocycles. The van der Waals surface area contributed by atoms with Crippen molar-refractivity contribution in [1.82, 2.24) is 24.5 Å². The number of rotatable bonds is 6. The number of hydrogen-bond donors (Lipinski definition) is 0. The van der Waals surface area contributed by atoms with Crippen molar-refractivity contribution < 1.29 is 0 Å². The van der Waals surface area contributed by atoms with E-state index in [4.69, 9.17) is 31.5 Å². The van der Waals surface area contributed by atoms with Crippen LogP contribution in [0.5, 0.6) is 0 Å². The van der Waals surface area contributed by atoms with Gasteiger partial charge in [-0.15, -0.1) is 22.7 Å². The van der Waals surface area contributed by atoms with Crippen LogP contribution < -0.4 is 0 Å². The molecule has 80 heavy (non-hydrogen) atoms. The Morgan fingerprint density at radius 3 is 1.94 bits per heavy atom. The molecule has 376 valence electrons. The molecule has 0 fully saturated rings. The lowest BCUT2D eigenvalue weighted by Gasteiger charge is -2.22. The van der Waals surface area contributed by atoms with Crippen LogP contribution in [0.15, 0.2) is 218 Å². The van der Waals surface area contributed by atoms with E-state index in [9.17, 15) is 0 Å². The minimum atomic E-state index is -0.220. The number of halogens is 1. The molecule has 8 heteroatoms. The number of para-hydroxylation sites is 1. The van der Waals surface area contributed by atoms with E-state index >= 15 is 0 Å². The third kappa shape index (κ3) is 6.63. The van der Waals surface area contributed by atoms with E-state index in [1.165, 1.54) is 70.4 Å². The van der Waals surface area contributed by atoms with Gasteiger partial charge in [0, 0.05) is 58.4 Å². The minimum absolute atomic E-state index is 0.220. The summed E-state index contributed by atoms with van der Waals surface area (Å²) in [6.07, 6.45) is 0.695. The summed E-state index contributed by atoms with van der Waals surface area (Å²) in [6, 6.07) is 79.7. The van der Waals surface area contributed by atoms with Crippen LogP contribution in [-0.2, 0) is 11.8 Å². The van der Waals surface area contributed by atoms with Gasteiger partial charge in [-0.1, -0.05) is 214 Å². The monoisotopic (exact) mass is 1080 g/mol. The number of nitrogens with zero attached hydrogens (tertiary/aromatic N) is 5. The van der Waals surface area contributed by atoms with Gasteiger partial charge in [-0.2, -0.15) is 0 Å². The second-order valence-corrected chi connectivity index (χ2v) is 24.2. The summed E-state index contributed by atoms with van der Waals surface area (Å²) in [4.78, 5) is 21.2. The fraction of sp³-hybridized carbons (Fsp3) is 0.0556. The summed E-state index contributed by atoms with van der Waals surface area (Å²) < 4.78 is 6.88. The van der Waals surface area contributed by atoms with Gasteiger partial charge in [0.05, 0.1) is 42.9 Å². The topological polar surface area (TPSA) is 56.5 Å². The third-order valence-corrected chi connectivity index (χ3v) is 19.5. The van der Waals surface area contributed by atoms with E-state index < -0.39 is 0 Å². The minimum Gasteiger partial charge on any atom is -0.277 e. The van der Waals surface area contributed by atoms with Gasteiger partial charge in [-0.05, 0) is 102 Å². The largest absolute Gasteiger partial charge is 0.277 e. The van der Waals surface area contributed by atoms with Crippen LogP contribution >= 0.6 is 34.3 Å². The zero-order chi connectivity index (χ0) is 53.0. The van der Waals surface area contributed by atoms with Crippen LogP contribution in [-0.4, -0.2) is 24.5 Å². The van der Waals surface area contributed by atoms with Gasteiger partial charge in [0.15, 0.2) is 0 Å². The Balaban J connectivity index is 0.945. The van der Waals surface area contributed by atoms with E-state index in [2.05, 4.69) is 219 Å². The van der Waals surface area contributed by atoms with E-state index in [1.807, 2.05) is 18.2 Å². The highest BCUT2D eigenvalue weighted by atomic mass is 35.5. The molecule has 11 aromatic carbocycles. The molecular formula is C72H44ClN5S2. The van der Waals surface area contributed by atoms with Crippen molar-refractivity contribution >= 4 is 129 Å². The fourth-order valence-electron chi connectivity index (χ4n) is 13.4. The molecule has 0 saturated heterocycles. The van der Waals surface area contributed by atoms with Gasteiger partial charge in [0.1, 0.15) is 0 Å². The third-order valence-electron chi connectivity index (χ3n) is 17.0. The zero-order valence-electron chi connectivity index (χ0n) is 43.4. The van der Waals surface area contributed by atoms with Gasteiger partial charge >= 0.3 is 0 Å². The molecule has 0 bridgehead atoms. The standard InChI is InChI=1S/C72H44ClN5S2/c1-72(2)55-36-33-41-17-9-10-23-46(41)60(55)51-35-32-44(39-56(51)72)47-27-16-28-53-61-49-25-12-11-24-48(49)54-38-40(37-45-22-15-30-58-59(45)65-69(80-58)62(74-70(73)75-65)42-18-5-3-6-19-42)31-34-50(54)67(61)78(66(47)53)71-76-63(43-20-7-4-8-21-43)68-64(77-71)52-26-13-14-29-57(52)79-68/h3-36,38-39H,37H2,1-2H3. The molecule has 0 spiro atoms. The van der Waals surface area contributed by atoms with E-state index in [0.717, 1.165) is 91.4 Å².